The molecule has 2 amide bonds. The van der Waals surface area contributed by atoms with Crippen molar-refractivity contribution in [3.05, 3.63) is 29.8 Å². The van der Waals surface area contributed by atoms with Crippen LogP contribution in [-0.2, 0) is 19.6 Å². The van der Waals surface area contributed by atoms with Gasteiger partial charge in [-0.2, -0.15) is 0 Å². The molecule has 1 heterocycles. The summed E-state index contributed by atoms with van der Waals surface area (Å²) in [5.41, 5.74) is 0.385. The van der Waals surface area contributed by atoms with Crippen molar-refractivity contribution in [3.8, 4) is 0 Å². The Morgan fingerprint density at radius 1 is 1.18 bits per heavy atom. The van der Waals surface area contributed by atoms with Gasteiger partial charge in [0.15, 0.2) is 0 Å². The van der Waals surface area contributed by atoms with Crippen molar-refractivity contribution < 1.29 is 22.7 Å². The quantitative estimate of drug-likeness (QED) is 0.728. The summed E-state index contributed by atoms with van der Waals surface area (Å²) in [6.07, 6.45) is 1.77. The lowest BCUT2D eigenvalue weighted by Crippen LogP contribution is -2.48. The predicted octanol–water partition coefficient (Wildman–Crippen LogP) is 1.23. The molecule has 1 fully saturated rings. The Bertz CT molecular complexity index is 799. The number of nitrogens with one attached hydrogen (secondary N) is 1. The van der Waals surface area contributed by atoms with Crippen LogP contribution >= 0.6 is 0 Å². The van der Waals surface area contributed by atoms with Crippen molar-refractivity contribution in [3.63, 3.8) is 0 Å². The van der Waals surface area contributed by atoms with Gasteiger partial charge in [0.1, 0.15) is 6.54 Å². The Morgan fingerprint density at radius 3 is 2.25 bits per heavy atom. The molecule has 28 heavy (non-hydrogen) atoms. The minimum absolute atomic E-state index is 0.122. The lowest BCUT2D eigenvalue weighted by Gasteiger charge is -2.28. The second-order valence-electron chi connectivity index (χ2n) is 7.51. The van der Waals surface area contributed by atoms with E-state index >= 15 is 0 Å². The molecular weight excluding hydrogens is 382 g/mol. The number of amides is 2. The number of morpholine rings is 1. The first-order valence-electron chi connectivity index (χ1n) is 9.29. The Kier molecular flexibility index (Phi) is 7.06. The van der Waals surface area contributed by atoms with Gasteiger partial charge >= 0.3 is 0 Å². The number of carbonyl (C=O) groups is 2. The molecule has 1 saturated heterocycles. The monoisotopic (exact) mass is 411 g/mol. The Labute approximate surface area is 166 Å². The molecule has 8 nitrogen and oxygen atoms in total. The molecule has 9 heteroatoms. The molecule has 0 aliphatic carbocycles. The molecule has 0 radical (unpaired) electrons. The molecule has 0 bridgehead atoms. The highest BCUT2D eigenvalue weighted by molar-refractivity contribution is 7.92. The van der Waals surface area contributed by atoms with Crippen LogP contribution < -0.4 is 9.62 Å². The zero-order valence-corrected chi connectivity index (χ0v) is 17.7. The molecule has 0 atom stereocenters. The molecule has 0 spiro atoms. The maximum atomic E-state index is 12.5. The smallest absolute Gasteiger partial charge is 0.254 e. The Morgan fingerprint density at radius 2 is 1.75 bits per heavy atom. The summed E-state index contributed by atoms with van der Waals surface area (Å²) >= 11 is 0. The highest BCUT2D eigenvalue weighted by Gasteiger charge is 2.25. The van der Waals surface area contributed by atoms with Crippen LogP contribution in [0.1, 0.15) is 37.6 Å². The van der Waals surface area contributed by atoms with Crippen molar-refractivity contribution in [1.29, 1.82) is 0 Å². The standard InChI is InChI=1S/C19H29N3O5S/c1-5-19(2,3)20-17(23)14-22(28(4,25)26)16-8-6-15(7-9-16)18(24)21-10-12-27-13-11-21/h6-9H,5,10-14H2,1-4H3,(H,20,23). The van der Waals surface area contributed by atoms with Gasteiger partial charge in [-0.15, -0.1) is 0 Å². The summed E-state index contributed by atoms with van der Waals surface area (Å²) in [5, 5.41) is 2.83. The molecule has 1 aliphatic rings. The van der Waals surface area contributed by atoms with E-state index in [1.807, 2.05) is 20.8 Å². The first-order chi connectivity index (χ1) is 13.0. The van der Waals surface area contributed by atoms with E-state index in [0.29, 0.717) is 37.6 Å². The molecule has 2 rings (SSSR count). The first kappa shape index (κ1) is 22.2. The number of benzene rings is 1. The van der Waals surface area contributed by atoms with Crippen LogP contribution in [0, 0.1) is 0 Å². The van der Waals surface area contributed by atoms with Crippen LogP contribution in [0.4, 0.5) is 5.69 Å². The summed E-state index contributed by atoms with van der Waals surface area (Å²) in [4.78, 5) is 26.6. The van der Waals surface area contributed by atoms with E-state index in [0.717, 1.165) is 17.0 Å². The minimum Gasteiger partial charge on any atom is -0.378 e. The van der Waals surface area contributed by atoms with Crippen LogP contribution in [0.25, 0.3) is 0 Å². The average molecular weight is 412 g/mol. The van der Waals surface area contributed by atoms with Gasteiger partial charge in [0.25, 0.3) is 5.91 Å². The number of hydrogen-bond donors (Lipinski definition) is 1. The second kappa shape index (κ2) is 8.91. The molecule has 0 aromatic heterocycles. The van der Waals surface area contributed by atoms with Gasteiger partial charge < -0.3 is 15.0 Å². The highest BCUT2D eigenvalue weighted by atomic mass is 32.2. The molecule has 1 aliphatic heterocycles. The number of nitrogens with zero attached hydrogens (tertiary/aromatic N) is 2. The van der Waals surface area contributed by atoms with E-state index in [4.69, 9.17) is 4.74 Å². The number of rotatable bonds is 7. The third kappa shape index (κ3) is 5.93. The number of hydrogen-bond acceptors (Lipinski definition) is 5. The second-order valence-corrected chi connectivity index (χ2v) is 9.41. The number of anilines is 1. The first-order valence-corrected chi connectivity index (χ1v) is 11.1. The fraction of sp³-hybridized carbons (Fsp3) is 0.579. The zero-order valence-electron chi connectivity index (χ0n) is 16.9. The van der Waals surface area contributed by atoms with Gasteiger partial charge in [-0.05, 0) is 44.5 Å². The third-order valence-electron chi connectivity index (χ3n) is 4.75. The van der Waals surface area contributed by atoms with E-state index < -0.39 is 15.6 Å². The van der Waals surface area contributed by atoms with E-state index in [1.165, 1.54) is 0 Å². The van der Waals surface area contributed by atoms with Crippen LogP contribution in [0.5, 0.6) is 0 Å². The highest BCUT2D eigenvalue weighted by Crippen LogP contribution is 2.20. The molecular formula is C19H29N3O5S. The Hall–Kier alpha value is -2.13. The molecule has 0 saturated carbocycles. The van der Waals surface area contributed by atoms with Gasteiger partial charge in [-0.1, -0.05) is 6.92 Å². The summed E-state index contributed by atoms with van der Waals surface area (Å²) in [7, 11) is -3.67. The summed E-state index contributed by atoms with van der Waals surface area (Å²) in [6, 6.07) is 6.26. The number of ether oxygens (including phenoxy) is 1. The van der Waals surface area contributed by atoms with Crippen molar-refractivity contribution in [2.75, 3.05) is 43.4 Å². The lowest BCUT2D eigenvalue weighted by molar-refractivity contribution is -0.121. The van der Waals surface area contributed by atoms with E-state index in [-0.39, 0.29) is 18.4 Å². The Balaban J connectivity index is 2.16. The lowest BCUT2D eigenvalue weighted by atomic mass is 10.0. The van der Waals surface area contributed by atoms with Crippen LogP contribution in [-0.4, -0.2) is 69.8 Å². The van der Waals surface area contributed by atoms with Crippen molar-refractivity contribution >= 4 is 27.5 Å². The molecule has 1 aromatic rings. The van der Waals surface area contributed by atoms with Crippen molar-refractivity contribution in [2.45, 2.75) is 32.7 Å². The third-order valence-corrected chi connectivity index (χ3v) is 5.89. The summed E-state index contributed by atoms with van der Waals surface area (Å²) in [5.74, 6) is -0.506. The van der Waals surface area contributed by atoms with Crippen molar-refractivity contribution in [1.82, 2.24) is 10.2 Å². The fourth-order valence-electron chi connectivity index (χ4n) is 2.76. The van der Waals surface area contributed by atoms with Crippen LogP contribution in [0.3, 0.4) is 0 Å². The van der Waals surface area contributed by atoms with E-state index in [9.17, 15) is 18.0 Å². The maximum absolute atomic E-state index is 12.5. The molecule has 1 N–H and O–H groups in total. The van der Waals surface area contributed by atoms with Crippen LogP contribution in [0.2, 0.25) is 0 Å². The number of carbonyl (C=O) groups excluding carboxylic acids is 2. The summed E-state index contributed by atoms with van der Waals surface area (Å²) < 4.78 is 30.7. The van der Waals surface area contributed by atoms with E-state index in [2.05, 4.69) is 5.32 Å². The molecule has 156 valence electrons. The topological polar surface area (TPSA) is 96.0 Å². The van der Waals surface area contributed by atoms with Gasteiger partial charge in [0, 0.05) is 24.2 Å². The molecule has 0 unspecified atom stereocenters. The average Bonchev–Trinajstić information content (AvgIpc) is 2.65. The largest absolute Gasteiger partial charge is 0.378 e. The van der Waals surface area contributed by atoms with Crippen LogP contribution in [0.15, 0.2) is 24.3 Å². The fourth-order valence-corrected chi connectivity index (χ4v) is 3.61. The van der Waals surface area contributed by atoms with Gasteiger partial charge in [-0.3, -0.25) is 13.9 Å². The van der Waals surface area contributed by atoms with Gasteiger partial charge in [0.2, 0.25) is 15.9 Å². The SMILES string of the molecule is CCC(C)(C)NC(=O)CN(c1ccc(C(=O)N2CCOCC2)cc1)S(C)(=O)=O. The van der Waals surface area contributed by atoms with E-state index in [1.54, 1.807) is 29.2 Å². The van der Waals surface area contributed by atoms with Crippen molar-refractivity contribution in [2.24, 2.45) is 0 Å². The number of sulfonamides is 1. The maximum Gasteiger partial charge on any atom is 0.254 e. The zero-order chi connectivity index (χ0) is 20.9. The summed E-state index contributed by atoms with van der Waals surface area (Å²) in [6.45, 7) is 7.46. The van der Waals surface area contributed by atoms with Gasteiger partial charge in [0.05, 0.1) is 25.2 Å². The normalized spacial score (nSPS) is 15.2. The van der Waals surface area contributed by atoms with Gasteiger partial charge in [-0.25, -0.2) is 8.42 Å². The predicted molar refractivity (Wildman–Crippen MR) is 108 cm³/mol. The minimum atomic E-state index is -3.67. The molecule has 1 aromatic carbocycles.